The molecule has 0 aliphatic carbocycles. The van der Waals surface area contributed by atoms with Crippen molar-refractivity contribution in [2.24, 2.45) is 0 Å². The normalized spacial score (nSPS) is 15.1. The molecule has 172 valence electrons. The molecular formula is C25H24F2N2O4. The number of hydrogen-bond donors (Lipinski definition) is 1. The average Bonchev–Trinajstić information content (AvgIpc) is 2.78. The maximum absolute atomic E-state index is 12.7. The van der Waals surface area contributed by atoms with Gasteiger partial charge in [-0.15, -0.1) is 0 Å². The van der Waals surface area contributed by atoms with Crippen molar-refractivity contribution in [3.05, 3.63) is 64.8 Å². The fraction of sp³-hybridized carbons (Fsp3) is 0.280. The second kappa shape index (κ2) is 9.54. The first-order valence-electron chi connectivity index (χ1n) is 10.7. The predicted octanol–water partition coefficient (Wildman–Crippen LogP) is 5.31. The number of aromatic nitrogens is 1. The fourth-order valence-corrected chi connectivity index (χ4v) is 4.13. The van der Waals surface area contributed by atoms with Crippen molar-refractivity contribution in [1.82, 2.24) is 9.88 Å². The number of fused-ring (bicyclic) bond motifs is 2. The Balaban J connectivity index is 1.87. The Morgan fingerprint density at radius 3 is 2.67 bits per heavy atom. The standard InChI is InChI=1S/C25H24F2N2O4/c1-3-29-13-16(11-15-9-10-20(33-25(26)27)21(12-15)32-4-2)23-18(14-29)22(24(30)31)17-7-5-6-8-19(17)28-23/h5-12,25H,3-4,13-14H2,1-2H3,(H,30,31)/b16-11-. The lowest BCUT2D eigenvalue weighted by Gasteiger charge is -2.30. The number of carboxylic acid groups (broad SMARTS) is 1. The molecule has 2 aromatic carbocycles. The topological polar surface area (TPSA) is 71.9 Å². The maximum Gasteiger partial charge on any atom is 0.387 e. The number of nitrogens with zero attached hydrogens (tertiary/aromatic N) is 2. The van der Waals surface area contributed by atoms with Crippen molar-refractivity contribution >= 4 is 28.5 Å². The highest BCUT2D eigenvalue weighted by atomic mass is 19.3. The number of para-hydroxylation sites is 1. The third-order valence-electron chi connectivity index (χ3n) is 5.56. The number of hydrogen-bond acceptors (Lipinski definition) is 5. The van der Waals surface area contributed by atoms with Crippen molar-refractivity contribution in [1.29, 1.82) is 0 Å². The van der Waals surface area contributed by atoms with Crippen LogP contribution in [-0.2, 0) is 6.54 Å². The van der Waals surface area contributed by atoms with E-state index in [1.54, 1.807) is 37.3 Å². The Labute approximate surface area is 190 Å². The van der Waals surface area contributed by atoms with Gasteiger partial charge in [0.05, 0.1) is 23.4 Å². The zero-order valence-corrected chi connectivity index (χ0v) is 18.3. The SMILES string of the molecule is CCOc1cc(/C=C2/CN(CC)Cc3c2nc2ccccc2c3C(=O)O)ccc1OC(F)F. The molecule has 0 saturated heterocycles. The molecule has 6 nitrogen and oxygen atoms in total. The van der Waals surface area contributed by atoms with E-state index >= 15 is 0 Å². The number of ether oxygens (including phenoxy) is 2. The van der Waals surface area contributed by atoms with Gasteiger partial charge in [0.25, 0.3) is 0 Å². The van der Waals surface area contributed by atoms with Crippen molar-refractivity contribution in [2.45, 2.75) is 27.0 Å². The molecule has 0 spiro atoms. The molecule has 0 bridgehead atoms. The van der Waals surface area contributed by atoms with Crippen LogP contribution in [-0.4, -0.2) is 47.3 Å². The van der Waals surface area contributed by atoms with Gasteiger partial charge in [-0.3, -0.25) is 4.90 Å². The van der Waals surface area contributed by atoms with Gasteiger partial charge in [0, 0.05) is 24.0 Å². The van der Waals surface area contributed by atoms with E-state index in [1.165, 1.54) is 6.07 Å². The second-order valence-corrected chi connectivity index (χ2v) is 7.63. The van der Waals surface area contributed by atoms with Crippen LogP contribution < -0.4 is 9.47 Å². The summed E-state index contributed by atoms with van der Waals surface area (Å²) < 4.78 is 35.5. The quantitative estimate of drug-likeness (QED) is 0.522. The van der Waals surface area contributed by atoms with Gasteiger partial charge in [0.15, 0.2) is 11.5 Å². The first-order chi connectivity index (χ1) is 15.9. The number of alkyl halides is 2. The van der Waals surface area contributed by atoms with Crippen molar-refractivity contribution in [3.8, 4) is 11.5 Å². The molecule has 1 N–H and O–H groups in total. The first-order valence-corrected chi connectivity index (χ1v) is 10.7. The Morgan fingerprint density at radius 2 is 1.97 bits per heavy atom. The summed E-state index contributed by atoms with van der Waals surface area (Å²) in [4.78, 5) is 19.2. The van der Waals surface area contributed by atoms with Crippen molar-refractivity contribution < 1.29 is 28.2 Å². The third kappa shape index (κ3) is 4.66. The van der Waals surface area contributed by atoms with E-state index in [0.29, 0.717) is 47.4 Å². The summed E-state index contributed by atoms with van der Waals surface area (Å²) in [5, 5.41) is 10.6. The lowest BCUT2D eigenvalue weighted by molar-refractivity contribution is -0.0514. The molecule has 0 atom stereocenters. The molecule has 1 aliphatic rings. The Hall–Kier alpha value is -3.52. The minimum absolute atomic E-state index is 0.0366. The Morgan fingerprint density at radius 1 is 1.18 bits per heavy atom. The highest BCUT2D eigenvalue weighted by Crippen LogP contribution is 2.36. The van der Waals surface area contributed by atoms with Crippen LogP contribution in [0.3, 0.4) is 0 Å². The van der Waals surface area contributed by atoms with Crippen LogP contribution in [0.1, 0.15) is 41.0 Å². The number of aromatic carboxylic acids is 1. The van der Waals surface area contributed by atoms with Crippen LogP contribution in [0, 0.1) is 0 Å². The molecule has 1 aromatic heterocycles. The average molecular weight is 454 g/mol. The number of halogens is 2. The summed E-state index contributed by atoms with van der Waals surface area (Å²) in [6.07, 6.45) is 1.89. The lowest BCUT2D eigenvalue weighted by atomic mass is 9.92. The number of benzene rings is 2. The molecule has 1 aliphatic heterocycles. The maximum atomic E-state index is 12.7. The number of likely N-dealkylation sites (N-methyl/N-ethyl adjacent to an activating group) is 1. The number of pyridine rings is 1. The Kier molecular flexibility index (Phi) is 6.55. The van der Waals surface area contributed by atoms with Gasteiger partial charge in [-0.1, -0.05) is 31.2 Å². The summed E-state index contributed by atoms with van der Waals surface area (Å²) in [5.74, 6) is -0.812. The molecule has 0 fully saturated rings. The third-order valence-corrected chi connectivity index (χ3v) is 5.56. The van der Waals surface area contributed by atoms with E-state index in [-0.39, 0.29) is 17.1 Å². The van der Waals surface area contributed by atoms with Crippen LogP contribution in [0.2, 0.25) is 0 Å². The number of carbonyl (C=O) groups is 1. The van der Waals surface area contributed by atoms with Crippen LogP contribution in [0.15, 0.2) is 42.5 Å². The summed E-state index contributed by atoms with van der Waals surface area (Å²) in [5.41, 5.74) is 3.74. The van der Waals surface area contributed by atoms with Crippen molar-refractivity contribution in [3.63, 3.8) is 0 Å². The van der Waals surface area contributed by atoms with Crippen LogP contribution in [0.4, 0.5) is 8.78 Å². The zero-order chi connectivity index (χ0) is 23.5. The highest BCUT2D eigenvalue weighted by molar-refractivity contribution is 6.06. The fourth-order valence-electron chi connectivity index (χ4n) is 4.13. The first kappa shape index (κ1) is 22.7. The monoisotopic (exact) mass is 454 g/mol. The van der Waals surface area contributed by atoms with Crippen molar-refractivity contribution in [2.75, 3.05) is 19.7 Å². The molecule has 3 aromatic rings. The van der Waals surface area contributed by atoms with E-state index in [2.05, 4.69) is 9.64 Å². The lowest BCUT2D eigenvalue weighted by Crippen LogP contribution is -2.31. The zero-order valence-electron chi connectivity index (χ0n) is 18.3. The molecule has 0 amide bonds. The molecule has 0 saturated carbocycles. The summed E-state index contributed by atoms with van der Waals surface area (Å²) in [7, 11) is 0. The number of rotatable bonds is 7. The molecular weight excluding hydrogens is 430 g/mol. The molecule has 2 heterocycles. The van der Waals surface area contributed by atoms with E-state index in [1.807, 2.05) is 19.1 Å². The smallest absolute Gasteiger partial charge is 0.387 e. The summed E-state index contributed by atoms with van der Waals surface area (Å²) in [6.45, 7) is 2.90. The minimum atomic E-state index is -2.95. The predicted molar refractivity (Wildman–Crippen MR) is 122 cm³/mol. The number of carboxylic acids is 1. The van der Waals surface area contributed by atoms with Gasteiger partial charge in [-0.2, -0.15) is 8.78 Å². The van der Waals surface area contributed by atoms with Gasteiger partial charge in [0.1, 0.15) is 0 Å². The van der Waals surface area contributed by atoms with Crippen LogP contribution in [0.5, 0.6) is 11.5 Å². The Bertz CT molecular complexity index is 1230. The van der Waals surface area contributed by atoms with Gasteiger partial charge in [0.2, 0.25) is 0 Å². The largest absolute Gasteiger partial charge is 0.490 e. The van der Waals surface area contributed by atoms with E-state index in [0.717, 1.165) is 12.1 Å². The second-order valence-electron chi connectivity index (χ2n) is 7.63. The van der Waals surface area contributed by atoms with E-state index in [9.17, 15) is 18.7 Å². The van der Waals surface area contributed by atoms with Gasteiger partial charge in [-0.05, 0) is 48.9 Å². The molecule has 8 heteroatoms. The van der Waals surface area contributed by atoms with Crippen LogP contribution >= 0.6 is 0 Å². The molecule has 0 radical (unpaired) electrons. The van der Waals surface area contributed by atoms with Gasteiger partial charge in [-0.25, -0.2) is 9.78 Å². The van der Waals surface area contributed by atoms with Gasteiger partial charge < -0.3 is 14.6 Å². The summed E-state index contributed by atoms with van der Waals surface area (Å²) in [6, 6.07) is 12.0. The minimum Gasteiger partial charge on any atom is -0.490 e. The molecule has 0 unspecified atom stereocenters. The van der Waals surface area contributed by atoms with Gasteiger partial charge >= 0.3 is 12.6 Å². The van der Waals surface area contributed by atoms with E-state index in [4.69, 9.17) is 9.72 Å². The van der Waals surface area contributed by atoms with Crippen LogP contribution in [0.25, 0.3) is 22.6 Å². The molecule has 4 rings (SSSR count). The highest BCUT2D eigenvalue weighted by Gasteiger charge is 2.28. The molecule has 33 heavy (non-hydrogen) atoms. The summed E-state index contributed by atoms with van der Waals surface area (Å²) >= 11 is 0. The van der Waals surface area contributed by atoms with E-state index < -0.39 is 12.6 Å².